The highest BCUT2D eigenvalue weighted by atomic mass is 32.2. The number of carbonyl (C=O) groups excluding carboxylic acids is 1. The van der Waals surface area contributed by atoms with Gasteiger partial charge in [0.1, 0.15) is 5.75 Å². The van der Waals surface area contributed by atoms with Crippen LogP contribution in [-0.2, 0) is 21.7 Å². The summed E-state index contributed by atoms with van der Waals surface area (Å²) in [5.41, 5.74) is 4.35. The van der Waals surface area contributed by atoms with Gasteiger partial charge in [-0.2, -0.15) is 5.10 Å². The van der Waals surface area contributed by atoms with Crippen molar-refractivity contribution in [3.05, 3.63) is 72.3 Å². The van der Waals surface area contributed by atoms with Crippen LogP contribution in [0.2, 0.25) is 0 Å². The van der Waals surface area contributed by atoms with Crippen LogP contribution in [0.25, 0.3) is 17.2 Å². The standard InChI is InChI=1S/C19H18N4O2S/c1-26(25)13-14-2-5-17(6-3-14)23-19(24)7-4-15-10-20-9-8-18(15)16-11-21-22-12-16/h2-12H,13H2,1H3,(H,21,22)(H,23,24)/b7-4+. The van der Waals surface area contributed by atoms with E-state index in [1.54, 1.807) is 49.3 Å². The van der Waals surface area contributed by atoms with E-state index in [0.29, 0.717) is 11.4 Å². The Hall–Kier alpha value is -2.90. The van der Waals surface area contributed by atoms with E-state index in [0.717, 1.165) is 22.3 Å². The molecule has 26 heavy (non-hydrogen) atoms. The number of nitrogens with one attached hydrogen (secondary N) is 2. The summed E-state index contributed by atoms with van der Waals surface area (Å²) in [6, 6.07) is 9.19. The van der Waals surface area contributed by atoms with Crippen LogP contribution in [0.5, 0.6) is 0 Å². The van der Waals surface area contributed by atoms with E-state index < -0.39 is 11.2 Å². The van der Waals surface area contributed by atoms with E-state index in [1.807, 2.05) is 18.2 Å². The number of amides is 1. The van der Waals surface area contributed by atoms with Crippen LogP contribution < -0.4 is 5.32 Å². The molecule has 0 radical (unpaired) electrons. The Bertz CT molecular complexity index is 890. The number of aromatic amines is 1. The summed E-state index contributed by atoms with van der Waals surface area (Å²) in [6.07, 6.45) is 11.8. The van der Waals surface area contributed by atoms with Gasteiger partial charge in [0.2, 0.25) is 5.91 Å². The van der Waals surface area contributed by atoms with Gasteiger partial charge in [0.05, 0.1) is 12.5 Å². The molecule has 1 unspecified atom stereocenters. The molecule has 0 bridgehead atoms. The number of carbonyl (C=O) groups is 1. The fourth-order valence-corrected chi connectivity index (χ4v) is 3.13. The first kappa shape index (κ1) is 17.9. The highest BCUT2D eigenvalue weighted by Crippen LogP contribution is 2.22. The first-order valence-corrected chi connectivity index (χ1v) is 9.66. The van der Waals surface area contributed by atoms with Crippen LogP contribution in [0.3, 0.4) is 0 Å². The fourth-order valence-electron chi connectivity index (χ4n) is 2.47. The number of anilines is 1. The normalized spacial score (nSPS) is 12.2. The third-order valence-corrected chi connectivity index (χ3v) is 4.41. The van der Waals surface area contributed by atoms with Crippen LogP contribution in [0.15, 0.2) is 61.2 Å². The predicted molar refractivity (Wildman–Crippen MR) is 104 cm³/mol. The summed E-state index contributed by atoms with van der Waals surface area (Å²) in [4.78, 5) is 16.3. The van der Waals surface area contributed by atoms with Gasteiger partial charge >= 0.3 is 0 Å². The third kappa shape index (κ3) is 4.81. The van der Waals surface area contributed by atoms with Crippen molar-refractivity contribution >= 4 is 28.8 Å². The molecule has 1 atom stereocenters. The van der Waals surface area contributed by atoms with Gasteiger partial charge in [0, 0.05) is 47.0 Å². The highest BCUT2D eigenvalue weighted by molar-refractivity contribution is 7.89. The largest absolute Gasteiger partial charge is 0.616 e. The maximum atomic E-state index is 12.2. The first-order chi connectivity index (χ1) is 12.6. The molecule has 0 aliphatic rings. The molecule has 3 aromatic rings. The third-order valence-electron chi connectivity index (χ3n) is 3.67. The lowest BCUT2D eigenvalue weighted by Crippen LogP contribution is -2.08. The second-order valence-corrected chi connectivity index (χ2v) is 7.12. The number of pyridine rings is 1. The summed E-state index contributed by atoms with van der Waals surface area (Å²) >= 11 is -0.884. The second-order valence-electron chi connectivity index (χ2n) is 5.69. The molecule has 7 heteroatoms. The van der Waals surface area contributed by atoms with Crippen LogP contribution in [-0.4, -0.2) is 31.9 Å². The molecule has 2 N–H and O–H groups in total. The average molecular weight is 366 g/mol. The summed E-state index contributed by atoms with van der Waals surface area (Å²) in [5.74, 6) is 0.269. The lowest BCUT2D eigenvalue weighted by molar-refractivity contribution is -0.111. The zero-order valence-corrected chi connectivity index (χ0v) is 15.0. The molecule has 1 aromatic carbocycles. The number of hydrogen-bond acceptors (Lipinski definition) is 4. The van der Waals surface area contributed by atoms with Crippen LogP contribution >= 0.6 is 0 Å². The van der Waals surface area contributed by atoms with Gasteiger partial charge in [-0.15, -0.1) is 0 Å². The van der Waals surface area contributed by atoms with Gasteiger partial charge in [0.25, 0.3) is 0 Å². The number of aromatic nitrogens is 3. The zero-order chi connectivity index (χ0) is 18.4. The average Bonchev–Trinajstić information content (AvgIpc) is 3.16. The first-order valence-electron chi connectivity index (χ1n) is 7.93. The predicted octanol–water partition coefficient (Wildman–Crippen LogP) is 3.00. The Morgan fingerprint density at radius 2 is 2.08 bits per heavy atom. The zero-order valence-electron chi connectivity index (χ0n) is 14.2. The molecule has 0 aliphatic heterocycles. The number of benzene rings is 1. The number of rotatable bonds is 6. The van der Waals surface area contributed by atoms with E-state index in [2.05, 4.69) is 20.5 Å². The minimum Gasteiger partial charge on any atom is -0.616 e. The van der Waals surface area contributed by atoms with Crippen molar-refractivity contribution in [3.63, 3.8) is 0 Å². The van der Waals surface area contributed by atoms with Crippen molar-refractivity contribution < 1.29 is 9.35 Å². The van der Waals surface area contributed by atoms with Gasteiger partial charge in [-0.3, -0.25) is 14.9 Å². The Kier molecular flexibility index (Phi) is 5.83. The minimum absolute atomic E-state index is 0.237. The van der Waals surface area contributed by atoms with Crippen molar-refractivity contribution in [1.29, 1.82) is 0 Å². The van der Waals surface area contributed by atoms with Crippen molar-refractivity contribution in [3.8, 4) is 11.1 Å². The summed E-state index contributed by atoms with van der Waals surface area (Å²) < 4.78 is 11.2. The molecule has 6 nitrogen and oxygen atoms in total. The lowest BCUT2D eigenvalue weighted by atomic mass is 10.0. The molecule has 0 saturated heterocycles. The van der Waals surface area contributed by atoms with Crippen LogP contribution in [0.1, 0.15) is 11.1 Å². The summed E-state index contributed by atoms with van der Waals surface area (Å²) in [7, 11) is 0. The quantitative estimate of drug-likeness (QED) is 0.518. The van der Waals surface area contributed by atoms with Crippen molar-refractivity contribution in [2.45, 2.75) is 5.75 Å². The van der Waals surface area contributed by atoms with Gasteiger partial charge in [-0.05, 0) is 29.8 Å². The minimum atomic E-state index is -0.884. The van der Waals surface area contributed by atoms with Gasteiger partial charge in [-0.1, -0.05) is 23.3 Å². The molecule has 2 aromatic heterocycles. The topological polar surface area (TPSA) is 93.7 Å². The highest BCUT2D eigenvalue weighted by Gasteiger charge is 2.05. The van der Waals surface area contributed by atoms with E-state index in [4.69, 9.17) is 0 Å². The van der Waals surface area contributed by atoms with Crippen LogP contribution in [0.4, 0.5) is 5.69 Å². The molecule has 0 aliphatic carbocycles. The molecule has 1 amide bonds. The Labute approximate surface area is 154 Å². The van der Waals surface area contributed by atoms with Crippen molar-refractivity contribution in [2.75, 3.05) is 11.6 Å². The molecule has 0 spiro atoms. The second kappa shape index (κ2) is 8.46. The van der Waals surface area contributed by atoms with Gasteiger partial charge < -0.3 is 9.87 Å². The Morgan fingerprint density at radius 3 is 2.77 bits per heavy atom. The molecule has 0 fully saturated rings. The van der Waals surface area contributed by atoms with Gasteiger partial charge in [0.15, 0.2) is 0 Å². The maximum absolute atomic E-state index is 12.2. The van der Waals surface area contributed by atoms with E-state index in [1.165, 1.54) is 6.08 Å². The molecule has 132 valence electrons. The molecule has 3 rings (SSSR count). The van der Waals surface area contributed by atoms with Crippen molar-refractivity contribution in [2.24, 2.45) is 0 Å². The maximum Gasteiger partial charge on any atom is 0.248 e. The SMILES string of the molecule is C[S+]([O-])Cc1ccc(NC(=O)/C=C/c2cnccc2-c2cn[nH]c2)cc1. The fraction of sp³-hybridized carbons (Fsp3) is 0.105. The lowest BCUT2D eigenvalue weighted by Gasteiger charge is -2.06. The number of hydrogen-bond donors (Lipinski definition) is 2. The smallest absolute Gasteiger partial charge is 0.248 e. The van der Waals surface area contributed by atoms with Crippen molar-refractivity contribution in [1.82, 2.24) is 15.2 Å². The van der Waals surface area contributed by atoms with Gasteiger partial charge in [-0.25, -0.2) is 0 Å². The Morgan fingerprint density at radius 1 is 1.27 bits per heavy atom. The molecule has 0 saturated carbocycles. The van der Waals surface area contributed by atoms with E-state index >= 15 is 0 Å². The monoisotopic (exact) mass is 366 g/mol. The van der Waals surface area contributed by atoms with E-state index in [9.17, 15) is 9.35 Å². The number of H-pyrrole nitrogens is 1. The molecular formula is C19H18N4O2S. The van der Waals surface area contributed by atoms with E-state index in [-0.39, 0.29) is 5.91 Å². The Balaban J connectivity index is 1.67. The molecular weight excluding hydrogens is 348 g/mol. The molecule has 2 heterocycles. The van der Waals surface area contributed by atoms with Crippen LogP contribution in [0, 0.1) is 0 Å². The summed E-state index contributed by atoms with van der Waals surface area (Å²) in [6.45, 7) is 0. The summed E-state index contributed by atoms with van der Waals surface area (Å²) in [5, 5.41) is 9.53. The number of nitrogens with zero attached hydrogens (tertiary/aromatic N) is 2.